The van der Waals surface area contributed by atoms with E-state index >= 15 is 0 Å². The van der Waals surface area contributed by atoms with Gasteiger partial charge in [0, 0.05) is 56.9 Å². The van der Waals surface area contributed by atoms with Crippen LogP contribution in [0.4, 0.5) is 5.13 Å². The summed E-state index contributed by atoms with van der Waals surface area (Å²) in [7, 11) is 0. The van der Waals surface area contributed by atoms with Crippen LogP contribution in [0.3, 0.4) is 0 Å². The molecule has 0 aliphatic carbocycles. The lowest BCUT2D eigenvalue weighted by Crippen LogP contribution is -2.51. The number of nitrogens with two attached hydrogens (primary N) is 1. The number of rotatable bonds is 4. The maximum Gasteiger partial charge on any atom is 0.191 e. The molecule has 6 nitrogen and oxygen atoms in total. The molecule has 1 atom stereocenters. The second-order valence-electron chi connectivity index (χ2n) is 7.33. The van der Waals surface area contributed by atoms with Crippen LogP contribution in [0.1, 0.15) is 18.1 Å². The molecule has 144 valence electrons. The van der Waals surface area contributed by atoms with E-state index in [1.54, 1.807) is 11.3 Å². The Morgan fingerprint density at radius 1 is 1.19 bits per heavy atom. The molecule has 0 radical (unpaired) electrons. The Hall–Kier alpha value is -2.12. The SMILES string of the molecule is CC(CN=C(N)N1CCN(c2nccs2)CC1)N1CCc2ccccc2C1. The third-order valence-corrected chi connectivity index (χ3v) is 6.43. The van der Waals surface area contributed by atoms with Gasteiger partial charge >= 0.3 is 0 Å². The maximum atomic E-state index is 6.29. The third kappa shape index (κ3) is 4.25. The van der Waals surface area contributed by atoms with Crippen molar-refractivity contribution in [3.05, 3.63) is 47.0 Å². The minimum atomic E-state index is 0.397. The molecule has 1 unspecified atom stereocenters. The van der Waals surface area contributed by atoms with Crippen LogP contribution in [0.2, 0.25) is 0 Å². The zero-order valence-corrected chi connectivity index (χ0v) is 16.7. The van der Waals surface area contributed by atoms with Crippen molar-refractivity contribution >= 4 is 22.4 Å². The normalized spacial score (nSPS) is 19.8. The number of anilines is 1. The summed E-state index contributed by atoms with van der Waals surface area (Å²) < 4.78 is 0. The molecule has 3 heterocycles. The molecule has 2 aliphatic rings. The molecule has 0 saturated carbocycles. The molecular formula is C20H28N6S. The number of thiazole rings is 1. The second kappa shape index (κ2) is 8.27. The van der Waals surface area contributed by atoms with Gasteiger partial charge in [-0.3, -0.25) is 9.89 Å². The molecule has 1 saturated heterocycles. The first-order chi connectivity index (χ1) is 13.2. The van der Waals surface area contributed by atoms with Crippen LogP contribution in [0.5, 0.6) is 0 Å². The second-order valence-corrected chi connectivity index (χ2v) is 8.20. The van der Waals surface area contributed by atoms with E-state index < -0.39 is 0 Å². The van der Waals surface area contributed by atoms with Gasteiger partial charge in [-0.05, 0) is 24.5 Å². The van der Waals surface area contributed by atoms with Gasteiger partial charge in [-0.2, -0.15) is 0 Å². The molecule has 0 bridgehead atoms. The number of nitrogens with zero attached hydrogens (tertiary/aromatic N) is 5. The van der Waals surface area contributed by atoms with Gasteiger partial charge in [0.2, 0.25) is 0 Å². The fraction of sp³-hybridized carbons (Fsp3) is 0.500. The molecule has 0 amide bonds. The predicted octanol–water partition coefficient (Wildman–Crippen LogP) is 2.03. The van der Waals surface area contributed by atoms with E-state index in [0.29, 0.717) is 12.0 Å². The summed E-state index contributed by atoms with van der Waals surface area (Å²) in [6.07, 6.45) is 2.99. The van der Waals surface area contributed by atoms with E-state index in [-0.39, 0.29) is 0 Å². The first-order valence-electron chi connectivity index (χ1n) is 9.71. The van der Waals surface area contributed by atoms with E-state index in [0.717, 1.165) is 57.4 Å². The zero-order chi connectivity index (χ0) is 18.6. The topological polar surface area (TPSA) is 61.0 Å². The highest BCUT2D eigenvalue weighted by Gasteiger charge is 2.22. The lowest BCUT2D eigenvalue weighted by Gasteiger charge is -2.36. The van der Waals surface area contributed by atoms with Gasteiger partial charge in [0.25, 0.3) is 0 Å². The number of piperazine rings is 1. The van der Waals surface area contributed by atoms with Crippen molar-refractivity contribution in [2.24, 2.45) is 10.7 Å². The average molecular weight is 385 g/mol. The van der Waals surface area contributed by atoms with Crippen LogP contribution in [0.25, 0.3) is 0 Å². The van der Waals surface area contributed by atoms with Gasteiger partial charge in [0.1, 0.15) is 0 Å². The van der Waals surface area contributed by atoms with Crippen molar-refractivity contribution in [1.82, 2.24) is 14.8 Å². The average Bonchev–Trinajstić information content (AvgIpc) is 3.26. The Morgan fingerprint density at radius 2 is 1.96 bits per heavy atom. The quantitative estimate of drug-likeness (QED) is 0.646. The largest absolute Gasteiger partial charge is 0.370 e. The molecule has 2 N–H and O–H groups in total. The van der Waals surface area contributed by atoms with Crippen LogP contribution in [-0.2, 0) is 13.0 Å². The number of hydrogen-bond donors (Lipinski definition) is 1. The van der Waals surface area contributed by atoms with E-state index in [9.17, 15) is 0 Å². The Bertz CT molecular complexity index is 767. The summed E-state index contributed by atoms with van der Waals surface area (Å²) >= 11 is 1.69. The van der Waals surface area contributed by atoms with Crippen molar-refractivity contribution in [2.75, 3.05) is 44.2 Å². The van der Waals surface area contributed by atoms with Crippen molar-refractivity contribution in [2.45, 2.75) is 25.9 Å². The molecular weight excluding hydrogens is 356 g/mol. The lowest BCUT2D eigenvalue weighted by molar-refractivity contribution is 0.195. The standard InChI is InChI=1S/C20H28N6S/c1-16(26-8-6-17-4-2-3-5-18(17)15-26)14-23-19(21)24-9-11-25(12-10-24)20-22-7-13-27-20/h2-5,7,13,16H,6,8-12,14-15H2,1H3,(H2,21,23). The van der Waals surface area contributed by atoms with Crippen LogP contribution in [0.15, 0.2) is 40.8 Å². The number of benzene rings is 1. The Balaban J connectivity index is 1.28. The summed E-state index contributed by atoms with van der Waals surface area (Å²) in [5.41, 5.74) is 9.23. The summed E-state index contributed by atoms with van der Waals surface area (Å²) in [4.78, 5) is 16.1. The number of aromatic nitrogens is 1. The van der Waals surface area contributed by atoms with Crippen LogP contribution in [-0.4, -0.2) is 66.1 Å². The first-order valence-corrected chi connectivity index (χ1v) is 10.6. The third-order valence-electron chi connectivity index (χ3n) is 5.59. The predicted molar refractivity (Wildman–Crippen MR) is 112 cm³/mol. The summed E-state index contributed by atoms with van der Waals surface area (Å²) in [6, 6.07) is 9.16. The van der Waals surface area contributed by atoms with E-state index in [1.165, 1.54) is 11.1 Å². The van der Waals surface area contributed by atoms with Crippen LogP contribution < -0.4 is 10.6 Å². The van der Waals surface area contributed by atoms with Crippen molar-refractivity contribution in [1.29, 1.82) is 0 Å². The molecule has 1 aromatic carbocycles. The van der Waals surface area contributed by atoms with E-state index in [4.69, 9.17) is 10.7 Å². The lowest BCUT2D eigenvalue weighted by atomic mass is 9.99. The minimum Gasteiger partial charge on any atom is -0.370 e. The number of fused-ring (bicyclic) bond motifs is 1. The first kappa shape index (κ1) is 18.3. The molecule has 2 aliphatic heterocycles. The molecule has 0 spiro atoms. The van der Waals surface area contributed by atoms with Gasteiger partial charge < -0.3 is 15.5 Å². The number of aliphatic imine (C=N–C) groups is 1. The number of guanidine groups is 1. The van der Waals surface area contributed by atoms with E-state index in [1.807, 2.05) is 11.6 Å². The number of hydrogen-bond acceptors (Lipinski definition) is 5. The van der Waals surface area contributed by atoms with Crippen LogP contribution in [0, 0.1) is 0 Å². The Labute approximate surface area is 165 Å². The minimum absolute atomic E-state index is 0.397. The monoisotopic (exact) mass is 384 g/mol. The van der Waals surface area contributed by atoms with Gasteiger partial charge in [0.05, 0.1) is 6.54 Å². The highest BCUT2D eigenvalue weighted by atomic mass is 32.1. The Kier molecular flexibility index (Phi) is 5.59. The Morgan fingerprint density at radius 3 is 2.70 bits per heavy atom. The highest BCUT2D eigenvalue weighted by molar-refractivity contribution is 7.13. The molecule has 27 heavy (non-hydrogen) atoms. The van der Waals surface area contributed by atoms with E-state index in [2.05, 4.69) is 50.9 Å². The fourth-order valence-corrected chi connectivity index (χ4v) is 4.53. The molecule has 1 fully saturated rings. The van der Waals surface area contributed by atoms with Crippen molar-refractivity contribution in [3.63, 3.8) is 0 Å². The highest BCUT2D eigenvalue weighted by Crippen LogP contribution is 2.21. The summed E-state index contributed by atoms with van der Waals surface area (Å²) in [5.74, 6) is 0.679. The summed E-state index contributed by atoms with van der Waals surface area (Å²) in [6.45, 7) is 8.82. The van der Waals surface area contributed by atoms with Crippen molar-refractivity contribution < 1.29 is 0 Å². The smallest absolute Gasteiger partial charge is 0.191 e. The molecule has 2 aromatic rings. The molecule has 7 heteroatoms. The van der Waals surface area contributed by atoms with Crippen LogP contribution >= 0.6 is 11.3 Å². The van der Waals surface area contributed by atoms with Gasteiger partial charge in [-0.25, -0.2) is 4.98 Å². The van der Waals surface area contributed by atoms with Gasteiger partial charge in [-0.15, -0.1) is 11.3 Å². The van der Waals surface area contributed by atoms with Gasteiger partial charge in [-0.1, -0.05) is 24.3 Å². The zero-order valence-electron chi connectivity index (χ0n) is 15.9. The van der Waals surface area contributed by atoms with Gasteiger partial charge in [0.15, 0.2) is 11.1 Å². The fourth-order valence-electron chi connectivity index (χ4n) is 3.83. The van der Waals surface area contributed by atoms with Crippen molar-refractivity contribution in [3.8, 4) is 0 Å². The summed E-state index contributed by atoms with van der Waals surface area (Å²) in [5, 5.41) is 3.13. The molecule has 1 aromatic heterocycles. The maximum absolute atomic E-state index is 6.29. The molecule has 4 rings (SSSR count).